The average molecular weight is 193 g/mol. The van der Waals surface area contributed by atoms with Crippen LogP contribution in [0.25, 0.3) is 0 Å². The van der Waals surface area contributed by atoms with Crippen molar-refractivity contribution in [3.63, 3.8) is 0 Å². The van der Waals surface area contributed by atoms with Crippen LogP contribution in [0.3, 0.4) is 0 Å². The van der Waals surface area contributed by atoms with Crippen molar-refractivity contribution in [2.45, 2.75) is 39.8 Å². The fourth-order valence-electron chi connectivity index (χ4n) is 1.89. The fourth-order valence-corrected chi connectivity index (χ4v) is 1.89. The van der Waals surface area contributed by atoms with Crippen LogP contribution in [-0.2, 0) is 19.5 Å². The summed E-state index contributed by atoms with van der Waals surface area (Å²) >= 11 is 0. The largest absolute Gasteiger partial charge is 0.334 e. The normalized spacial score (nSPS) is 15.9. The standard InChI is InChI=1S/C11H19N3/c1-9(2)4-6-14-8-13-10-7-12-5-3-11(10)14/h8-9,12H,3-7H2,1-2H3. The molecular weight excluding hydrogens is 174 g/mol. The Morgan fingerprint density at radius 2 is 2.43 bits per heavy atom. The first-order chi connectivity index (χ1) is 6.77. The molecule has 1 aromatic rings. The smallest absolute Gasteiger partial charge is 0.0952 e. The van der Waals surface area contributed by atoms with Crippen molar-refractivity contribution in [2.24, 2.45) is 5.92 Å². The highest BCUT2D eigenvalue weighted by Gasteiger charge is 2.14. The van der Waals surface area contributed by atoms with E-state index in [9.17, 15) is 0 Å². The van der Waals surface area contributed by atoms with Gasteiger partial charge in [0.15, 0.2) is 0 Å². The third kappa shape index (κ3) is 1.98. The second kappa shape index (κ2) is 4.13. The molecule has 0 spiro atoms. The molecule has 0 saturated carbocycles. The van der Waals surface area contributed by atoms with Gasteiger partial charge in [0.1, 0.15) is 0 Å². The highest BCUT2D eigenvalue weighted by molar-refractivity contribution is 5.16. The summed E-state index contributed by atoms with van der Waals surface area (Å²) in [7, 11) is 0. The van der Waals surface area contributed by atoms with Crippen LogP contribution in [0, 0.1) is 5.92 Å². The molecule has 0 radical (unpaired) electrons. The fraction of sp³-hybridized carbons (Fsp3) is 0.727. The van der Waals surface area contributed by atoms with Crippen molar-refractivity contribution in [3.05, 3.63) is 17.7 Å². The van der Waals surface area contributed by atoms with Crippen molar-refractivity contribution >= 4 is 0 Å². The van der Waals surface area contributed by atoms with Crippen LogP contribution in [0.5, 0.6) is 0 Å². The molecule has 0 bridgehead atoms. The minimum atomic E-state index is 0.773. The van der Waals surface area contributed by atoms with Gasteiger partial charge in [-0.25, -0.2) is 4.98 Å². The topological polar surface area (TPSA) is 29.9 Å². The third-order valence-electron chi connectivity index (χ3n) is 2.81. The predicted octanol–water partition coefficient (Wildman–Crippen LogP) is 1.57. The van der Waals surface area contributed by atoms with Gasteiger partial charge >= 0.3 is 0 Å². The van der Waals surface area contributed by atoms with Gasteiger partial charge in [0.05, 0.1) is 12.0 Å². The molecule has 2 rings (SSSR count). The highest BCUT2D eigenvalue weighted by atomic mass is 15.1. The maximum absolute atomic E-state index is 4.44. The monoisotopic (exact) mass is 193 g/mol. The van der Waals surface area contributed by atoms with Gasteiger partial charge in [-0.3, -0.25) is 0 Å². The number of nitrogens with one attached hydrogen (secondary N) is 1. The molecule has 0 atom stereocenters. The highest BCUT2D eigenvalue weighted by Crippen LogP contribution is 2.13. The minimum Gasteiger partial charge on any atom is -0.334 e. The van der Waals surface area contributed by atoms with Crippen LogP contribution in [0.15, 0.2) is 6.33 Å². The van der Waals surface area contributed by atoms with Gasteiger partial charge < -0.3 is 9.88 Å². The SMILES string of the molecule is CC(C)CCn1cnc2c1CCNC2. The summed E-state index contributed by atoms with van der Waals surface area (Å²) in [6.07, 6.45) is 4.38. The van der Waals surface area contributed by atoms with Crippen LogP contribution in [0.1, 0.15) is 31.7 Å². The Morgan fingerprint density at radius 1 is 1.57 bits per heavy atom. The van der Waals surface area contributed by atoms with E-state index in [0.29, 0.717) is 0 Å². The molecule has 14 heavy (non-hydrogen) atoms. The number of rotatable bonds is 3. The van der Waals surface area contributed by atoms with Gasteiger partial charge in [-0.2, -0.15) is 0 Å². The Bertz CT molecular complexity index is 301. The third-order valence-corrected chi connectivity index (χ3v) is 2.81. The summed E-state index contributed by atoms with van der Waals surface area (Å²) in [6.45, 7) is 7.71. The Hall–Kier alpha value is -0.830. The summed E-state index contributed by atoms with van der Waals surface area (Å²) in [5, 5.41) is 3.34. The summed E-state index contributed by atoms with van der Waals surface area (Å²) in [5.41, 5.74) is 2.70. The second-order valence-electron chi connectivity index (χ2n) is 4.44. The average Bonchev–Trinajstić information content (AvgIpc) is 2.58. The van der Waals surface area contributed by atoms with E-state index in [1.54, 1.807) is 0 Å². The zero-order chi connectivity index (χ0) is 9.97. The lowest BCUT2D eigenvalue weighted by Gasteiger charge is -2.15. The number of aromatic nitrogens is 2. The minimum absolute atomic E-state index is 0.773. The Balaban J connectivity index is 2.06. The number of fused-ring (bicyclic) bond motifs is 1. The predicted molar refractivity (Wildman–Crippen MR) is 57.1 cm³/mol. The van der Waals surface area contributed by atoms with Crippen LogP contribution in [0.2, 0.25) is 0 Å². The van der Waals surface area contributed by atoms with E-state index in [2.05, 4.69) is 28.7 Å². The lowest BCUT2D eigenvalue weighted by Crippen LogP contribution is -2.25. The van der Waals surface area contributed by atoms with Gasteiger partial charge in [-0.15, -0.1) is 0 Å². The molecule has 3 nitrogen and oxygen atoms in total. The molecule has 1 N–H and O–H groups in total. The van der Waals surface area contributed by atoms with Crippen molar-refractivity contribution in [3.8, 4) is 0 Å². The summed E-state index contributed by atoms with van der Waals surface area (Å²) in [6, 6.07) is 0. The number of hydrogen-bond donors (Lipinski definition) is 1. The molecule has 0 aliphatic carbocycles. The van der Waals surface area contributed by atoms with E-state index in [4.69, 9.17) is 0 Å². The first kappa shape index (κ1) is 9.71. The molecule has 2 heterocycles. The number of hydrogen-bond acceptors (Lipinski definition) is 2. The molecule has 0 aromatic carbocycles. The molecular formula is C11H19N3. The lowest BCUT2D eigenvalue weighted by atomic mass is 10.1. The maximum atomic E-state index is 4.44. The van der Waals surface area contributed by atoms with E-state index in [0.717, 1.165) is 32.0 Å². The molecule has 1 aliphatic rings. The van der Waals surface area contributed by atoms with E-state index >= 15 is 0 Å². The van der Waals surface area contributed by atoms with Gasteiger partial charge in [0, 0.05) is 31.7 Å². The van der Waals surface area contributed by atoms with Crippen LogP contribution < -0.4 is 5.32 Å². The lowest BCUT2D eigenvalue weighted by molar-refractivity contribution is 0.498. The van der Waals surface area contributed by atoms with Crippen molar-refractivity contribution in [1.29, 1.82) is 0 Å². The molecule has 3 heteroatoms. The summed E-state index contributed by atoms with van der Waals surface area (Å²) in [4.78, 5) is 4.44. The second-order valence-corrected chi connectivity index (χ2v) is 4.44. The first-order valence-electron chi connectivity index (χ1n) is 5.51. The maximum Gasteiger partial charge on any atom is 0.0952 e. The van der Waals surface area contributed by atoms with Crippen molar-refractivity contribution in [2.75, 3.05) is 6.54 Å². The summed E-state index contributed by atoms with van der Waals surface area (Å²) in [5.74, 6) is 0.773. The van der Waals surface area contributed by atoms with E-state index in [-0.39, 0.29) is 0 Å². The Kier molecular flexibility index (Phi) is 2.87. The quantitative estimate of drug-likeness (QED) is 0.789. The molecule has 78 valence electrons. The van der Waals surface area contributed by atoms with Crippen molar-refractivity contribution < 1.29 is 0 Å². The van der Waals surface area contributed by atoms with Gasteiger partial charge in [0.2, 0.25) is 0 Å². The van der Waals surface area contributed by atoms with Gasteiger partial charge in [-0.05, 0) is 12.3 Å². The molecule has 1 aromatic heterocycles. The van der Waals surface area contributed by atoms with E-state index in [1.165, 1.54) is 17.8 Å². The molecule has 1 aliphatic heterocycles. The number of nitrogens with zero attached hydrogens (tertiary/aromatic N) is 2. The molecule has 0 amide bonds. The van der Waals surface area contributed by atoms with Crippen LogP contribution >= 0.6 is 0 Å². The van der Waals surface area contributed by atoms with Crippen molar-refractivity contribution in [1.82, 2.24) is 14.9 Å². The van der Waals surface area contributed by atoms with Crippen LogP contribution in [-0.4, -0.2) is 16.1 Å². The van der Waals surface area contributed by atoms with Gasteiger partial charge in [0.25, 0.3) is 0 Å². The first-order valence-corrected chi connectivity index (χ1v) is 5.51. The molecule has 0 unspecified atom stereocenters. The zero-order valence-electron chi connectivity index (χ0n) is 9.08. The molecule has 0 saturated heterocycles. The van der Waals surface area contributed by atoms with Crippen LogP contribution in [0.4, 0.5) is 0 Å². The Morgan fingerprint density at radius 3 is 3.21 bits per heavy atom. The van der Waals surface area contributed by atoms with E-state index < -0.39 is 0 Å². The summed E-state index contributed by atoms with van der Waals surface area (Å²) < 4.78 is 2.33. The number of imidazole rings is 1. The number of aryl methyl sites for hydroxylation is 1. The zero-order valence-corrected chi connectivity index (χ0v) is 9.08. The Labute approximate surface area is 85.5 Å². The van der Waals surface area contributed by atoms with E-state index in [1.807, 2.05) is 6.33 Å². The molecule has 0 fully saturated rings. The van der Waals surface area contributed by atoms with Gasteiger partial charge in [-0.1, -0.05) is 13.8 Å².